The molecule has 0 aliphatic carbocycles. The molecule has 0 bridgehead atoms. The first-order valence-corrected chi connectivity index (χ1v) is 4.85. The second-order valence-corrected chi connectivity index (χ2v) is 3.67. The van der Waals surface area contributed by atoms with Crippen LogP contribution in [0.25, 0.3) is 0 Å². The van der Waals surface area contributed by atoms with Gasteiger partial charge in [-0.05, 0) is 24.6 Å². The molecule has 0 heterocycles. The van der Waals surface area contributed by atoms with Crippen molar-refractivity contribution < 1.29 is 14.1 Å². The normalized spacial score (nSPS) is 12.1. The molecule has 16 heavy (non-hydrogen) atoms. The second-order valence-electron chi connectivity index (χ2n) is 3.67. The van der Waals surface area contributed by atoms with Gasteiger partial charge in [-0.15, -0.1) is 0 Å². The summed E-state index contributed by atoms with van der Waals surface area (Å²) in [6.45, 7) is 1.07. The number of carbonyl (C=O) groups is 1. The van der Waals surface area contributed by atoms with Gasteiger partial charge < -0.3 is 4.79 Å². The van der Waals surface area contributed by atoms with Crippen LogP contribution in [0, 0.1) is 15.9 Å². The molecule has 1 aromatic carbocycles. The molecule has 0 aliphatic rings. The molecule has 0 aromatic heterocycles. The lowest BCUT2D eigenvalue weighted by Crippen LogP contribution is -2.15. The Hall–Kier alpha value is -1.78. The highest BCUT2D eigenvalue weighted by molar-refractivity contribution is 5.76. The molecular weight excluding hydrogens is 213 g/mol. The first kappa shape index (κ1) is 12.3. The number of halogens is 1. The summed E-state index contributed by atoms with van der Waals surface area (Å²) in [6, 6.07) is 5.43. The van der Waals surface area contributed by atoms with Crippen molar-refractivity contribution in [2.45, 2.75) is 19.3 Å². The Morgan fingerprint density at radius 2 is 2.00 bits per heavy atom. The minimum absolute atomic E-state index is 0.104. The van der Waals surface area contributed by atoms with Crippen molar-refractivity contribution in [1.29, 1.82) is 0 Å². The molecule has 0 saturated heterocycles. The van der Waals surface area contributed by atoms with Crippen LogP contribution in [-0.2, 0) is 4.79 Å². The summed E-state index contributed by atoms with van der Waals surface area (Å²) in [4.78, 5) is 21.0. The molecule has 0 N–H and O–H groups in total. The Morgan fingerprint density at radius 3 is 2.44 bits per heavy atom. The number of hydrogen-bond donors (Lipinski definition) is 0. The van der Waals surface area contributed by atoms with Gasteiger partial charge in [-0.1, -0.05) is 12.1 Å². The second kappa shape index (κ2) is 5.34. The predicted octanol–water partition coefficient (Wildman–Crippen LogP) is 2.17. The zero-order valence-electron chi connectivity index (χ0n) is 8.85. The van der Waals surface area contributed by atoms with Gasteiger partial charge in [0.1, 0.15) is 11.6 Å². The first-order chi connectivity index (χ1) is 7.49. The zero-order valence-corrected chi connectivity index (χ0v) is 8.85. The molecule has 0 aliphatic heterocycles. The van der Waals surface area contributed by atoms with Crippen molar-refractivity contribution in [1.82, 2.24) is 0 Å². The van der Waals surface area contributed by atoms with Gasteiger partial charge in [0.2, 0.25) is 6.54 Å². The molecule has 1 aromatic rings. The maximum absolute atomic E-state index is 12.7. The number of nitrogens with zero attached hydrogens (tertiary/aromatic N) is 1. The summed E-state index contributed by atoms with van der Waals surface area (Å²) in [5.41, 5.74) is 0.619. The molecule has 0 unspecified atom stereocenters. The monoisotopic (exact) mass is 225 g/mol. The van der Waals surface area contributed by atoms with Crippen LogP contribution in [-0.4, -0.2) is 17.3 Å². The molecular formula is C11H12FNO3. The third-order valence-corrected chi connectivity index (χ3v) is 2.24. The van der Waals surface area contributed by atoms with E-state index in [9.17, 15) is 19.3 Å². The molecule has 86 valence electrons. The maximum atomic E-state index is 12.7. The van der Waals surface area contributed by atoms with Crippen molar-refractivity contribution in [3.63, 3.8) is 0 Å². The number of ketones is 1. The number of hydrogen-bond acceptors (Lipinski definition) is 3. The third kappa shape index (κ3) is 3.76. The van der Waals surface area contributed by atoms with E-state index >= 15 is 0 Å². The summed E-state index contributed by atoms with van der Waals surface area (Å²) in [7, 11) is 0. The zero-order chi connectivity index (χ0) is 12.1. The van der Waals surface area contributed by atoms with Crippen LogP contribution < -0.4 is 0 Å². The Morgan fingerprint density at radius 1 is 1.44 bits per heavy atom. The summed E-state index contributed by atoms with van der Waals surface area (Å²) in [5, 5.41) is 10.5. The number of nitro groups is 1. The molecule has 1 rings (SSSR count). The molecule has 0 saturated carbocycles. The average molecular weight is 225 g/mol. The van der Waals surface area contributed by atoms with Crippen LogP contribution in [0.2, 0.25) is 0 Å². The van der Waals surface area contributed by atoms with Crippen molar-refractivity contribution in [3.8, 4) is 0 Å². The van der Waals surface area contributed by atoms with Crippen molar-refractivity contribution in [2.24, 2.45) is 0 Å². The van der Waals surface area contributed by atoms with Gasteiger partial charge in [0, 0.05) is 11.3 Å². The maximum Gasteiger partial charge on any atom is 0.211 e. The van der Waals surface area contributed by atoms with Crippen LogP contribution in [0.1, 0.15) is 24.8 Å². The SMILES string of the molecule is CC(=O)C[C@H](C[N+](=O)[O-])c1ccc(F)cc1. The molecule has 5 heteroatoms. The van der Waals surface area contributed by atoms with Crippen molar-refractivity contribution in [3.05, 3.63) is 45.8 Å². The van der Waals surface area contributed by atoms with E-state index in [4.69, 9.17) is 0 Å². The van der Waals surface area contributed by atoms with Crippen molar-refractivity contribution in [2.75, 3.05) is 6.54 Å². The van der Waals surface area contributed by atoms with E-state index in [0.717, 1.165) is 0 Å². The van der Waals surface area contributed by atoms with E-state index in [-0.39, 0.29) is 18.7 Å². The van der Waals surface area contributed by atoms with Gasteiger partial charge in [0.25, 0.3) is 0 Å². The molecule has 0 fully saturated rings. The number of rotatable bonds is 5. The van der Waals surface area contributed by atoms with E-state index in [2.05, 4.69) is 0 Å². The Balaban J connectivity index is 2.86. The first-order valence-electron chi connectivity index (χ1n) is 4.85. The summed E-state index contributed by atoms with van der Waals surface area (Å²) in [5.74, 6) is -0.990. The molecule has 1 atom stereocenters. The Bertz CT molecular complexity index is 373. The topological polar surface area (TPSA) is 60.2 Å². The Kier molecular flexibility index (Phi) is 4.10. The summed E-state index contributed by atoms with van der Waals surface area (Å²) < 4.78 is 12.7. The number of Topliss-reactive ketones (excluding diaryl/α,β-unsaturated/α-hetero) is 1. The van der Waals surface area contributed by atoms with Crippen LogP contribution in [0.15, 0.2) is 24.3 Å². The summed E-state index contributed by atoms with van der Waals surface area (Å²) in [6.07, 6.45) is 0.104. The standard InChI is InChI=1S/C11H12FNO3/c1-8(14)6-10(7-13(15)16)9-2-4-11(12)5-3-9/h2-5,10H,6-7H2,1H3/t10-/m1/s1. The molecule has 0 radical (unpaired) electrons. The highest BCUT2D eigenvalue weighted by Gasteiger charge is 2.19. The quantitative estimate of drug-likeness (QED) is 0.570. The van der Waals surface area contributed by atoms with Crippen molar-refractivity contribution >= 4 is 5.78 Å². The fourth-order valence-corrected chi connectivity index (χ4v) is 1.55. The van der Waals surface area contributed by atoms with Crippen LogP contribution in [0.4, 0.5) is 4.39 Å². The van der Waals surface area contributed by atoms with Crippen LogP contribution >= 0.6 is 0 Å². The van der Waals surface area contributed by atoms with E-state index in [0.29, 0.717) is 5.56 Å². The number of carbonyl (C=O) groups excluding carboxylic acids is 1. The van der Waals surface area contributed by atoms with Gasteiger partial charge in [-0.3, -0.25) is 10.1 Å². The van der Waals surface area contributed by atoms with E-state index < -0.39 is 16.7 Å². The van der Waals surface area contributed by atoms with Crippen LogP contribution in [0.5, 0.6) is 0 Å². The van der Waals surface area contributed by atoms with Gasteiger partial charge in [0.05, 0.1) is 5.92 Å². The van der Waals surface area contributed by atoms with Gasteiger partial charge in [-0.2, -0.15) is 0 Å². The molecule has 0 spiro atoms. The van der Waals surface area contributed by atoms with E-state index in [1.807, 2.05) is 0 Å². The smallest absolute Gasteiger partial charge is 0.211 e. The minimum Gasteiger partial charge on any atom is -0.300 e. The van der Waals surface area contributed by atoms with Gasteiger partial charge in [0.15, 0.2) is 0 Å². The lowest BCUT2D eigenvalue weighted by molar-refractivity contribution is -0.483. The highest BCUT2D eigenvalue weighted by Crippen LogP contribution is 2.20. The predicted molar refractivity (Wildman–Crippen MR) is 56.3 cm³/mol. The summed E-state index contributed by atoms with van der Waals surface area (Å²) >= 11 is 0. The third-order valence-electron chi connectivity index (χ3n) is 2.24. The van der Waals surface area contributed by atoms with Gasteiger partial charge in [-0.25, -0.2) is 4.39 Å². The molecule has 0 amide bonds. The molecule has 4 nitrogen and oxygen atoms in total. The number of benzene rings is 1. The highest BCUT2D eigenvalue weighted by atomic mass is 19.1. The minimum atomic E-state index is -0.479. The lowest BCUT2D eigenvalue weighted by Gasteiger charge is -2.11. The van der Waals surface area contributed by atoms with E-state index in [1.165, 1.54) is 31.2 Å². The largest absolute Gasteiger partial charge is 0.300 e. The van der Waals surface area contributed by atoms with Gasteiger partial charge >= 0.3 is 0 Å². The fraction of sp³-hybridized carbons (Fsp3) is 0.364. The van der Waals surface area contributed by atoms with Crippen LogP contribution in [0.3, 0.4) is 0 Å². The fourth-order valence-electron chi connectivity index (χ4n) is 1.55. The average Bonchev–Trinajstić information content (AvgIpc) is 2.16. The van der Waals surface area contributed by atoms with E-state index in [1.54, 1.807) is 0 Å². The lowest BCUT2D eigenvalue weighted by atomic mass is 9.94. The Labute approximate surface area is 92.2 Å².